The molecular formula is C22H21F3N2O4S. The second-order valence-electron chi connectivity index (χ2n) is 7.28. The number of esters is 1. The van der Waals surface area contributed by atoms with Crippen LogP contribution >= 0.6 is 11.3 Å². The van der Waals surface area contributed by atoms with E-state index in [1.807, 2.05) is 0 Å². The van der Waals surface area contributed by atoms with Crippen LogP contribution in [0.2, 0.25) is 0 Å². The van der Waals surface area contributed by atoms with Crippen molar-refractivity contribution in [2.75, 3.05) is 21.2 Å². The van der Waals surface area contributed by atoms with Gasteiger partial charge in [0.2, 0.25) is 0 Å². The van der Waals surface area contributed by atoms with Crippen molar-refractivity contribution >= 4 is 33.3 Å². The second kappa shape index (κ2) is 9.15. The first-order chi connectivity index (χ1) is 15.0. The summed E-state index contributed by atoms with van der Waals surface area (Å²) in [5.74, 6) is -0.302. The molecule has 3 rings (SSSR count). The number of halogens is 3. The van der Waals surface area contributed by atoms with Crippen molar-refractivity contribution in [2.24, 2.45) is 0 Å². The van der Waals surface area contributed by atoms with Crippen LogP contribution in [0.4, 0.5) is 13.2 Å². The molecule has 0 atom stereocenters. The van der Waals surface area contributed by atoms with E-state index in [-0.39, 0.29) is 24.6 Å². The Labute approximate surface area is 186 Å². The summed E-state index contributed by atoms with van der Waals surface area (Å²) in [4.78, 5) is 29.6. The fourth-order valence-corrected chi connectivity index (χ4v) is 4.13. The maximum Gasteiger partial charge on any atom is 0.433 e. The first kappa shape index (κ1) is 23.5. The number of alkyl halides is 3. The predicted molar refractivity (Wildman–Crippen MR) is 114 cm³/mol. The van der Waals surface area contributed by atoms with Gasteiger partial charge in [0.1, 0.15) is 18.1 Å². The van der Waals surface area contributed by atoms with Crippen LogP contribution in [0.5, 0.6) is 5.75 Å². The third kappa shape index (κ3) is 5.01. The molecule has 170 valence electrons. The van der Waals surface area contributed by atoms with E-state index in [0.29, 0.717) is 27.8 Å². The number of rotatable bonds is 6. The first-order valence-corrected chi connectivity index (χ1v) is 10.4. The van der Waals surface area contributed by atoms with Gasteiger partial charge >= 0.3 is 12.1 Å². The van der Waals surface area contributed by atoms with Crippen LogP contribution in [0.3, 0.4) is 0 Å². The summed E-state index contributed by atoms with van der Waals surface area (Å²) in [6, 6.07) is 5.55. The van der Waals surface area contributed by atoms with Crippen molar-refractivity contribution in [1.82, 2.24) is 9.88 Å². The van der Waals surface area contributed by atoms with Crippen molar-refractivity contribution in [1.29, 1.82) is 0 Å². The maximum absolute atomic E-state index is 12.8. The van der Waals surface area contributed by atoms with Gasteiger partial charge < -0.3 is 14.4 Å². The average Bonchev–Trinajstić information content (AvgIpc) is 3.13. The predicted octanol–water partition coefficient (Wildman–Crippen LogP) is 4.62. The van der Waals surface area contributed by atoms with Crippen LogP contribution in [-0.2, 0) is 28.7 Å². The monoisotopic (exact) mass is 466 g/mol. The normalized spacial score (nSPS) is 11.5. The van der Waals surface area contributed by atoms with E-state index in [4.69, 9.17) is 9.47 Å². The number of hydrogen-bond donors (Lipinski definition) is 0. The molecule has 0 spiro atoms. The molecule has 0 fully saturated rings. The Bertz CT molecular complexity index is 1170. The number of nitrogens with zero attached hydrogens (tertiary/aromatic N) is 2. The minimum Gasteiger partial charge on any atom is -0.489 e. The largest absolute Gasteiger partial charge is 0.489 e. The Morgan fingerprint density at radius 2 is 1.88 bits per heavy atom. The van der Waals surface area contributed by atoms with Crippen molar-refractivity contribution in [3.63, 3.8) is 0 Å². The summed E-state index contributed by atoms with van der Waals surface area (Å²) in [6.07, 6.45) is -4.49. The Kier molecular flexibility index (Phi) is 6.73. The molecule has 32 heavy (non-hydrogen) atoms. The zero-order valence-corrected chi connectivity index (χ0v) is 18.7. The van der Waals surface area contributed by atoms with Crippen LogP contribution < -0.4 is 4.74 Å². The fourth-order valence-electron chi connectivity index (χ4n) is 3.12. The lowest BCUT2D eigenvalue weighted by Gasteiger charge is -2.15. The summed E-state index contributed by atoms with van der Waals surface area (Å²) >= 11 is 1.36. The molecule has 6 nitrogen and oxygen atoms in total. The van der Waals surface area contributed by atoms with Crippen LogP contribution in [0.25, 0.3) is 10.1 Å². The molecular weight excluding hydrogens is 445 g/mol. The Morgan fingerprint density at radius 1 is 1.16 bits per heavy atom. The van der Waals surface area contributed by atoms with Crippen molar-refractivity contribution in [2.45, 2.75) is 26.1 Å². The molecule has 0 saturated carbocycles. The van der Waals surface area contributed by atoms with Crippen LogP contribution in [-0.4, -0.2) is 43.0 Å². The van der Waals surface area contributed by atoms with E-state index in [1.54, 1.807) is 31.6 Å². The van der Waals surface area contributed by atoms with Crippen LogP contribution in [0.15, 0.2) is 29.6 Å². The van der Waals surface area contributed by atoms with Gasteiger partial charge in [-0.1, -0.05) is 6.07 Å². The fraction of sp³-hybridized carbons (Fsp3) is 0.318. The summed E-state index contributed by atoms with van der Waals surface area (Å²) in [5.41, 5.74) is 0.787. The summed E-state index contributed by atoms with van der Waals surface area (Å²) in [5, 5.41) is 2.45. The molecule has 3 aromatic rings. The molecule has 0 aliphatic heterocycles. The molecule has 0 aliphatic carbocycles. The third-order valence-corrected chi connectivity index (χ3v) is 5.78. The minimum absolute atomic E-state index is 0.0154. The zero-order chi connectivity index (χ0) is 23.6. The van der Waals surface area contributed by atoms with Gasteiger partial charge in [0, 0.05) is 35.4 Å². The molecule has 0 aliphatic rings. The molecule has 0 saturated heterocycles. The molecule has 0 unspecified atom stereocenters. The third-order valence-electron chi connectivity index (χ3n) is 4.80. The Balaban J connectivity index is 1.94. The highest BCUT2D eigenvalue weighted by Gasteiger charge is 2.32. The number of pyridine rings is 1. The molecule has 0 bridgehead atoms. The zero-order valence-electron chi connectivity index (χ0n) is 17.9. The number of fused-ring (bicyclic) bond motifs is 1. The van der Waals surface area contributed by atoms with Gasteiger partial charge in [0.05, 0.1) is 19.1 Å². The summed E-state index contributed by atoms with van der Waals surface area (Å²) in [6.45, 7) is 1.47. The second-order valence-corrected chi connectivity index (χ2v) is 8.20. The topological polar surface area (TPSA) is 68.7 Å². The van der Waals surface area contributed by atoms with Gasteiger partial charge in [-0.25, -0.2) is 4.98 Å². The van der Waals surface area contributed by atoms with E-state index in [2.05, 4.69) is 4.98 Å². The van der Waals surface area contributed by atoms with Crippen LogP contribution in [0.1, 0.15) is 32.9 Å². The number of aromatic nitrogens is 1. The van der Waals surface area contributed by atoms with Crippen molar-refractivity contribution < 1.29 is 32.2 Å². The molecule has 2 heterocycles. The number of hydrogen-bond acceptors (Lipinski definition) is 6. The summed E-state index contributed by atoms with van der Waals surface area (Å²) < 4.78 is 49.8. The minimum atomic E-state index is -4.52. The number of aryl methyl sites for hydroxylation is 1. The number of amides is 1. The molecule has 2 aromatic heterocycles. The quantitative estimate of drug-likeness (QED) is 0.496. The number of benzene rings is 1. The van der Waals surface area contributed by atoms with E-state index in [0.717, 1.165) is 10.8 Å². The molecule has 1 aromatic carbocycles. The van der Waals surface area contributed by atoms with Gasteiger partial charge in [-0.2, -0.15) is 13.2 Å². The first-order valence-electron chi connectivity index (χ1n) is 9.50. The van der Waals surface area contributed by atoms with Crippen LogP contribution in [0, 0.1) is 6.92 Å². The highest BCUT2D eigenvalue weighted by Crippen LogP contribution is 2.35. The van der Waals surface area contributed by atoms with E-state index in [9.17, 15) is 22.8 Å². The molecule has 0 radical (unpaired) electrons. The van der Waals surface area contributed by atoms with Gasteiger partial charge in [0.25, 0.3) is 5.91 Å². The summed E-state index contributed by atoms with van der Waals surface area (Å²) in [7, 11) is 4.53. The Morgan fingerprint density at radius 3 is 2.47 bits per heavy atom. The number of carbonyl (C=O) groups excluding carboxylic acids is 2. The van der Waals surface area contributed by atoms with Gasteiger partial charge in [-0.3, -0.25) is 9.59 Å². The lowest BCUT2D eigenvalue weighted by Crippen LogP contribution is -2.22. The van der Waals surface area contributed by atoms with E-state index in [1.165, 1.54) is 36.3 Å². The SMILES string of the molecule is COC(=O)Cc1csc2cc(OCc3ccc(C(F)(F)F)nc3C)cc(C(=O)N(C)C)c12. The number of methoxy groups -OCH3 is 1. The number of thiophene rings is 1. The van der Waals surface area contributed by atoms with Gasteiger partial charge in [-0.05, 0) is 36.1 Å². The van der Waals surface area contributed by atoms with Crippen molar-refractivity contribution in [3.05, 3.63) is 57.7 Å². The highest BCUT2D eigenvalue weighted by atomic mass is 32.1. The smallest absolute Gasteiger partial charge is 0.433 e. The molecule has 0 N–H and O–H groups in total. The van der Waals surface area contributed by atoms with E-state index >= 15 is 0 Å². The van der Waals surface area contributed by atoms with Gasteiger partial charge in [-0.15, -0.1) is 11.3 Å². The standard InChI is InChI=1S/C22H21F3N2O4S/c1-12-13(5-6-18(26-12)22(23,24)25)10-31-15-8-16(21(29)27(2)3)20-14(7-19(28)30-4)11-32-17(20)9-15/h5-6,8-9,11H,7,10H2,1-4H3. The molecule has 10 heteroatoms. The number of ether oxygens (including phenoxy) is 2. The molecule has 1 amide bonds. The lowest BCUT2D eigenvalue weighted by molar-refractivity contribution is -0.141. The average molecular weight is 466 g/mol. The highest BCUT2D eigenvalue weighted by molar-refractivity contribution is 7.17. The Hall–Kier alpha value is -3.14. The van der Waals surface area contributed by atoms with E-state index < -0.39 is 17.8 Å². The van der Waals surface area contributed by atoms with Gasteiger partial charge in [0.15, 0.2) is 0 Å². The maximum atomic E-state index is 12.8. The lowest BCUT2D eigenvalue weighted by atomic mass is 10.0. The van der Waals surface area contributed by atoms with Crippen molar-refractivity contribution in [3.8, 4) is 5.75 Å². The number of carbonyl (C=O) groups is 2.